The van der Waals surface area contributed by atoms with Gasteiger partial charge in [0.2, 0.25) is 0 Å². The van der Waals surface area contributed by atoms with Crippen LogP contribution in [0.4, 0.5) is 23.7 Å². The van der Waals surface area contributed by atoms with Gasteiger partial charge in [0.25, 0.3) is 0 Å². The Morgan fingerprint density at radius 2 is 1.74 bits per heavy atom. The molecule has 2 aromatic carbocycles. The Bertz CT molecular complexity index is 964. The number of oxime groups is 1. The van der Waals surface area contributed by atoms with Crippen LogP contribution >= 0.6 is 0 Å². The molecule has 2 aromatic rings. The number of piperidine rings is 1. The fourth-order valence-electron chi connectivity index (χ4n) is 3.79. The molecule has 0 radical (unpaired) electrons. The number of likely N-dealkylation sites (tertiary alicyclic amines) is 1. The predicted molar refractivity (Wildman–Crippen MR) is 109 cm³/mol. The molecule has 4 rings (SSSR count). The van der Waals surface area contributed by atoms with Crippen LogP contribution in [-0.4, -0.2) is 42.4 Å². The van der Waals surface area contributed by atoms with Crippen LogP contribution in [0.25, 0.3) is 0 Å². The number of urea groups is 1. The smallest absolute Gasteiger partial charge is 0.416 e. The normalized spacial score (nSPS) is 17.8. The molecule has 1 fully saturated rings. The zero-order chi connectivity index (χ0) is 22.1. The summed E-state index contributed by atoms with van der Waals surface area (Å²) in [6.45, 7) is 0.996. The molecule has 1 N–H and O–H groups in total. The number of carbonyl (C=O) groups excluding carboxylic acids is 1. The summed E-state index contributed by atoms with van der Waals surface area (Å²) in [6.07, 6.45) is -2.67. The Balaban J connectivity index is 1.32. The van der Waals surface area contributed by atoms with Crippen molar-refractivity contribution in [2.24, 2.45) is 5.16 Å². The number of halogens is 3. The van der Waals surface area contributed by atoms with E-state index in [-0.39, 0.29) is 6.03 Å². The van der Waals surface area contributed by atoms with Crippen molar-refractivity contribution >= 4 is 17.4 Å². The first kappa shape index (κ1) is 21.0. The standard InChI is InChI=1S/C22H22F3N3O3/c1-30-18-8-6-17(7-9-18)26-20(29)28-12-10-21(11-13-28)14-19(27-31-21)15-2-4-16(5-3-15)22(23,24)25/h2-9H,10-14H2,1H3,(H,26,29). The molecule has 2 amide bonds. The minimum Gasteiger partial charge on any atom is -0.497 e. The molecule has 31 heavy (non-hydrogen) atoms. The van der Waals surface area contributed by atoms with E-state index < -0.39 is 17.3 Å². The van der Waals surface area contributed by atoms with E-state index in [0.717, 1.165) is 12.1 Å². The number of hydrogen-bond donors (Lipinski definition) is 1. The van der Waals surface area contributed by atoms with Gasteiger partial charge in [-0.25, -0.2) is 4.79 Å². The second-order valence-electron chi connectivity index (χ2n) is 7.71. The van der Waals surface area contributed by atoms with Gasteiger partial charge in [-0.15, -0.1) is 0 Å². The fourth-order valence-corrected chi connectivity index (χ4v) is 3.79. The second-order valence-corrected chi connectivity index (χ2v) is 7.71. The highest BCUT2D eigenvalue weighted by atomic mass is 19.4. The SMILES string of the molecule is COc1ccc(NC(=O)N2CCC3(CC2)CC(c2ccc(C(F)(F)F)cc2)=NO3)cc1. The zero-order valence-electron chi connectivity index (χ0n) is 16.9. The van der Waals surface area contributed by atoms with Crippen molar-refractivity contribution in [2.45, 2.75) is 31.0 Å². The number of hydrogen-bond acceptors (Lipinski definition) is 4. The van der Waals surface area contributed by atoms with Gasteiger partial charge in [0.05, 0.1) is 18.4 Å². The van der Waals surface area contributed by atoms with Crippen LogP contribution in [0.3, 0.4) is 0 Å². The van der Waals surface area contributed by atoms with Crippen LogP contribution in [-0.2, 0) is 11.0 Å². The number of rotatable bonds is 3. The molecule has 1 spiro atoms. The van der Waals surface area contributed by atoms with Crippen LogP contribution in [0.1, 0.15) is 30.4 Å². The Labute approximate surface area is 177 Å². The van der Waals surface area contributed by atoms with E-state index in [1.165, 1.54) is 12.1 Å². The van der Waals surface area contributed by atoms with Gasteiger partial charge < -0.3 is 19.8 Å². The van der Waals surface area contributed by atoms with Gasteiger partial charge in [-0.3, -0.25) is 0 Å². The van der Waals surface area contributed by atoms with Crippen molar-refractivity contribution in [3.8, 4) is 5.75 Å². The summed E-state index contributed by atoms with van der Waals surface area (Å²) in [5, 5.41) is 7.00. The van der Waals surface area contributed by atoms with Gasteiger partial charge in [-0.2, -0.15) is 13.2 Å². The monoisotopic (exact) mass is 433 g/mol. The highest BCUT2D eigenvalue weighted by Crippen LogP contribution is 2.37. The van der Waals surface area contributed by atoms with Crippen LogP contribution in [0.2, 0.25) is 0 Å². The summed E-state index contributed by atoms with van der Waals surface area (Å²) in [5.74, 6) is 0.708. The molecule has 0 unspecified atom stereocenters. The van der Waals surface area contributed by atoms with E-state index in [0.29, 0.717) is 55.1 Å². The summed E-state index contributed by atoms with van der Waals surface area (Å²) in [5.41, 5.74) is 0.710. The molecular weight excluding hydrogens is 411 g/mol. The number of nitrogens with one attached hydrogen (secondary N) is 1. The third-order valence-corrected chi connectivity index (χ3v) is 5.69. The van der Waals surface area contributed by atoms with E-state index in [2.05, 4.69) is 10.5 Å². The minimum absolute atomic E-state index is 0.193. The number of alkyl halides is 3. The summed E-state index contributed by atoms with van der Waals surface area (Å²) in [7, 11) is 1.58. The average Bonchev–Trinajstić information content (AvgIpc) is 3.17. The quantitative estimate of drug-likeness (QED) is 0.749. The van der Waals surface area contributed by atoms with Crippen LogP contribution in [0, 0.1) is 0 Å². The summed E-state index contributed by atoms with van der Waals surface area (Å²) >= 11 is 0. The number of anilines is 1. The summed E-state index contributed by atoms with van der Waals surface area (Å²) in [4.78, 5) is 20.0. The van der Waals surface area contributed by atoms with E-state index in [9.17, 15) is 18.0 Å². The number of nitrogens with zero attached hydrogens (tertiary/aromatic N) is 2. The number of carbonyl (C=O) groups is 1. The lowest BCUT2D eigenvalue weighted by Gasteiger charge is -2.37. The number of ether oxygens (including phenoxy) is 1. The van der Waals surface area contributed by atoms with Gasteiger partial charge in [0.15, 0.2) is 0 Å². The molecule has 0 bridgehead atoms. The molecule has 2 aliphatic heterocycles. The molecule has 2 aliphatic rings. The van der Waals surface area contributed by atoms with Gasteiger partial charge >= 0.3 is 12.2 Å². The lowest BCUT2D eigenvalue weighted by molar-refractivity contribution is -0.137. The van der Waals surface area contributed by atoms with Crippen LogP contribution in [0.15, 0.2) is 53.7 Å². The molecule has 6 nitrogen and oxygen atoms in total. The van der Waals surface area contributed by atoms with E-state index in [1.807, 2.05) is 0 Å². The summed E-state index contributed by atoms with van der Waals surface area (Å²) in [6, 6.07) is 11.8. The topological polar surface area (TPSA) is 63.2 Å². The van der Waals surface area contributed by atoms with Gasteiger partial charge in [0, 0.05) is 38.0 Å². The van der Waals surface area contributed by atoms with Crippen LogP contribution < -0.4 is 10.1 Å². The molecule has 0 aliphatic carbocycles. The Morgan fingerprint density at radius 3 is 2.32 bits per heavy atom. The van der Waals surface area contributed by atoms with Crippen molar-refractivity contribution < 1.29 is 27.5 Å². The maximum Gasteiger partial charge on any atom is 0.416 e. The van der Waals surface area contributed by atoms with Crippen LogP contribution in [0.5, 0.6) is 5.75 Å². The van der Waals surface area contributed by atoms with Gasteiger partial charge in [-0.1, -0.05) is 17.3 Å². The molecule has 0 atom stereocenters. The summed E-state index contributed by atoms with van der Waals surface area (Å²) < 4.78 is 43.4. The third-order valence-electron chi connectivity index (χ3n) is 5.69. The predicted octanol–water partition coefficient (Wildman–Crippen LogP) is 4.91. The number of methoxy groups -OCH3 is 1. The van der Waals surface area contributed by atoms with Gasteiger partial charge in [-0.05, 0) is 42.0 Å². The van der Waals surface area contributed by atoms with Crippen molar-refractivity contribution in [1.29, 1.82) is 0 Å². The largest absolute Gasteiger partial charge is 0.497 e. The molecular formula is C22H22F3N3O3. The number of amides is 2. The number of benzene rings is 2. The second kappa shape index (κ2) is 8.13. The van der Waals surface area contributed by atoms with E-state index in [4.69, 9.17) is 9.57 Å². The van der Waals surface area contributed by atoms with Gasteiger partial charge in [0.1, 0.15) is 11.4 Å². The minimum atomic E-state index is -4.37. The maximum atomic E-state index is 12.8. The van der Waals surface area contributed by atoms with E-state index in [1.54, 1.807) is 36.3 Å². The lowest BCUT2D eigenvalue weighted by Crippen LogP contribution is -2.48. The third kappa shape index (κ3) is 4.60. The maximum absolute atomic E-state index is 12.8. The van der Waals surface area contributed by atoms with Crippen molar-refractivity contribution in [3.63, 3.8) is 0 Å². The van der Waals surface area contributed by atoms with E-state index >= 15 is 0 Å². The molecule has 164 valence electrons. The molecule has 2 heterocycles. The first-order valence-electron chi connectivity index (χ1n) is 9.91. The van der Waals surface area contributed by atoms with Crippen molar-refractivity contribution in [2.75, 3.05) is 25.5 Å². The highest BCUT2D eigenvalue weighted by Gasteiger charge is 2.43. The molecule has 0 saturated carbocycles. The Morgan fingerprint density at radius 1 is 1.10 bits per heavy atom. The molecule has 9 heteroatoms. The fraction of sp³-hybridized carbons (Fsp3) is 0.364. The highest BCUT2D eigenvalue weighted by molar-refractivity contribution is 6.01. The zero-order valence-corrected chi connectivity index (χ0v) is 16.9. The lowest BCUT2D eigenvalue weighted by atomic mass is 9.85. The Kier molecular flexibility index (Phi) is 5.51. The first-order chi connectivity index (χ1) is 14.8. The average molecular weight is 433 g/mol. The Hall–Kier alpha value is -3.23. The molecule has 1 saturated heterocycles. The molecule has 0 aromatic heterocycles. The van der Waals surface area contributed by atoms with Crippen molar-refractivity contribution in [1.82, 2.24) is 4.90 Å². The first-order valence-corrected chi connectivity index (χ1v) is 9.91. The van der Waals surface area contributed by atoms with Crippen molar-refractivity contribution in [3.05, 3.63) is 59.7 Å².